The summed E-state index contributed by atoms with van der Waals surface area (Å²) in [6.07, 6.45) is 13.2. The summed E-state index contributed by atoms with van der Waals surface area (Å²) in [6.45, 7) is 2.17. The van der Waals surface area contributed by atoms with Gasteiger partial charge in [0.25, 0.3) is 0 Å². The van der Waals surface area contributed by atoms with Crippen LogP contribution in [0.25, 0.3) is 0 Å². The van der Waals surface area contributed by atoms with Crippen LogP contribution in [0.4, 0.5) is 0 Å². The third-order valence-corrected chi connectivity index (χ3v) is 7.54. The van der Waals surface area contributed by atoms with Gasteiger partial charge in [-0.3, -0.25) is 4.79 Å². The quantitative estimate of drug-likeness (QED) is 0.319. The first-order chi connectivity index (χ1) is 12.5. The minimum absolute atomic E-state index is 0.119. The summed E-state index contributed by atoms with van der Waals surface area (Å²) < 4.78 is 4.69. The molecule has 2 aliphatic rings. The molecule has 1 saturated heterocycles. The summed E-state index contributed by atoms with van der Waals surface area (Å²) >= 11 is 2.03. The van der Waals surface area contributed by atoms with Crippen LogP contribution in [0.5, 0.6) is 0 Å². The number of aliphatic hydroxyl groups excluding tert-OH is 2. The number of esters is 1. The van der Waals surface area contributed by atoms with Crippen LogP contribution < -0.4 is 0 Å². The highest BCUT2D eigenvalue weighted by molar-refractivity contribution is 8.00. The first-order valence-electron chi connectivity index (χ1n) is 10.3. The molecule has 1 aliphatic carbocycles. The molecule has 5 heteroatoms. The lowest BCUT2D eigenvalue weighted by atomic mass is 9.89. The van der Waals surface area contributed by atoms with Crippen molar-refractivity contribution in [1.82, 2.24) is 0 Å². The Balaban J connectivity index is 1.74. The van der Waals surface area contributed by atoms with E-state index >= 15 is 0 Å². The van der Waals surface area contributed by atoms with Crippen LogP contribution in [-0.4, -0.2) is 46.0 Å². The molecule has 0 aromatic rings. The molecule has 4 nitrogen and oxygen atoms in total. The SMILES string of the molecule is CCCCC[C@H](O)/C=C/[C@@H]1[C@H]2C[C@@H](CCCCC(=O)OC)S[C@@H]2C[C@H]1O. The molecule has 0 aromatic carbocycles. The molecule has 2 N–H and O–H groups in total. The van der Waals surface area contributed by atoms with E-state index in [2.05, 4.69) is 17.7 Å². The summed E-state index contributed by atoms with van der Waals surface area (Å²) in [5, 5.41) is 21.7. The predicted molar refractivity (Wildman–Crippen MR) is 107 cm³/mol. The minimum atomic E-state index is -0.379. The van der Waals surface area contributed by atoms with Crippen LogP contribution >= 0.6 is 11.8 Å². The average Bonchev–Trinajstić information content (AvgIpc) is 3.13. The van der Waals surface area contributed by atoms with Crippen molar-refractivity contribution in [1.29, 1.82) is 0 Å². The summed E-state index contributed by atoms with van der Waals surface area (Å²) in [5.41, 5.74) is 0. The normalized spacial score (nSPS) is 32.1. The average molecular weight is 385 g/mol. The first kappa shape index (κ1) is 21.8. The Bertz CT molecular complexity index is 453. The Kier molecular flexibility index (Phi) is 9.51. The maximum atomic E-state index is 11.2. The molecule has 150 valence electrons. The highest BCUT2D eigenvalue weighted by atomic mass is 32.2. The molecule has 1 saturated carbocycles. The van der Waals surface area contributed by atoms with Crippen LogP contribution in [0.2, 0.25) is 0 Å². The third-order valence-electron chi connectivity index (χ3n) is 5.84. The number of ether oxygens (including phenoxy) is 1. The monoisotopic (exact) mass is 384 g/mol. The zero-order valence-corrected chi connectivity index (χ0v) is 17.1. The fourth-order valence-corrected chi connectivity index (χ4v) is 6.26. The second-order valence-corrected chi connectivity index (χ2v) is 9.39. The van der Waals surface area contributed by atoms with Crippen molar-refractivity contribution in [3.63, 3.8) is 0 Å². The van der Waals surface area contributed by atoms with Crippen molar-refractivity contribution in [2.75, 3.05) is 7.11 Å². The van der Waals surface area contributed by atoms with Crippen molar-refractivity contribution in [3.8, 4) is 0 Å². The molecule has 6 atom stereocenters. The largest absolute Gasteiger partial charge is 0.469 e. The number of hydrogen-bond acceptors (Lipinski definition) is 5. The van der Waals surface area contributed by atoms with E-state index in [0.29, 0.717) is 22.8 Å². The van der Waals surface area contributed by atoms with Gasteiger partial charge in [0.1, 0.15) is 0 Å². The third kappa shape index (κ3) is 6.58. The van der Waals surface area contributed by atoms with Gasteiger partial charge >= 0.3 is 5.97 Å². The van der Waals surface area contributed by atoms with E-state index in [1.165, 1.54) is 13.5 Å². The molecular formula is C21H36O4S. The Morgan fingerprint density at radius 2 is 2.08 bits per heavy atom. The second kappa shape index (κ2) is 11.4. The number of carbonyl (C=O) groups excluding carboxylic acids is 1. The van der Waals surface area contributed by atoms with E-state index < -0.39 is 0 Å². The molecule has 0 radical (unpaired) electrons. The van der Waals surface area contributed by atoms with Crippen molar-refractivity contribution < 1.29 is 19.7 Å². The fraction of sp³-hybridized carbons (Fsp3) is 0.857. The number of aliphatic hydroxyl groups is 2. The van der Waals surface area contributed by atoms with Crippen LogP contribution in [0.1, 0.15) is 71.1 Å². The predicted octanol–water partition coefficient (Wildman–Crippen LogP) is 4.09. The Hall–Kier alpha value is -0.520. The smallest absolute Gasteiger partial charge is 0.305 e. The standard InChI is InChI=1S/C21H36O4S/c1-3-4-5-8-15(22)11-12-17-18-13-16(26-20(18)14-19(17)23)9-6-7-10-21(24)25-2/h11-12,15-20,22-23H,3-10,13-14H2,1-2H3/b12-11+/t15-,16+,17+,18+,19+,20+/m0/s1. The topological polar surface area (TPSA) is 66.8 Å². The molecular weight excluding hydrogens is 348 g/mol. The van der Waals surface area contributed by atoms with Crippen molar-refractivity contribution in [2.24, 2.45) is 11.8 Å². The van der Waals surface area contributed by atoms with Crippen LogP contribution in [0.15, 0.2) is 12.2 Å². The Morgan fingerprint density at radius 1 is 1.27 bits per heavy atom. The van der Waals surface area contributed by atoms with Gasteiger partial charge in [0.2, 0.25) is 0 Å². The zero-order valence-electron chi connectivity index (χ0n) is 16.3. The minimum Gasteiger partial charge on any atom is -0.469 e. The van der Waals surface area contributed by atoms with Crippen LogP contribution in [0.3, 0.4) is 0 Å². The van der Waals surface area contributed by atoms with Gasteiger partial charge in [-0.15, -0.1) is 0 Å². The second-order valence-electron chi connectivity index (χ2n) is 7.85. The van der Waals surface area contributed by atoms with Crippen molar-refractivity contribution in [3.05, 3.63) is 12.2 Å². The van der Waals surface area contributed by atoms with E-state index in [0.717, 1.165) is 51.4 Å². The summed E-state index contributed by atoms with van der Waals surface area (Å²) in [4.78, 5) is 11.2. The van der Waals surface area contributed by atoms with Crippen molar-refractivity contribution in [2.45, 2.75) is 93.8 Å². The van der Waals surface area contributed by atoms with Gasteiger partial charge in [-0.2, -0.15) is 11.8 Å². The van der Waals surface area contributed by atoms with Gasteiger partial charge in [-0.25, -0.2) is 0 Å². The number of rotatable bonds is 11. The molecule has 2 rings (SSSR count). The summed E-state index contributed by atoms with van der Waals surface area (Å²) in [6, 6.07) is 0. The molecule has 1 aliphatic heterocycles. The van der Waals surface area contributed by atoms with E-state index in [1.54, 1.807) is 0 Å². The van der Waals surface area contributed by atoms with Gasteiger partial charge < -0.3 is 14.9 Å². The fourth-order valence-electron chi connectivity index (χ4n) is 4.33. The number of methoxy groups -OCH3 is 1. The Labute approximate surface area is 162 Å². The number of thioether (sulfide) groups is 1. The highest BCUT2D eigenvalue weighted by Gasteiger charge is 2.47. The number of hydrogen-bond donors (Lipinski definition) is 2. The number of carbonyl (C=O) groups is 1. The number of fused-ring (bicyclic) bond motifs is 1. The summed E-state index contributed by atoms with van der Waals surface area (Å²) in [5.74, 6) is 0.597. The molecule has 2 fully saturated rings. The highest BCUT2D eigenvalue weighted by Crippen LogP contribution is 2.52. The van der Waals surface area contributed by atoms with Gasteiger partial charge in [0.15, 0.2) is 0 Å². The maximum absolute atomic E-state index is 11.2. The van der Waals surface area contributed by atoms with Gasteiger partial charge in [-0.1, -0.05) is 44.8 Å². The van der Waals surface area contributed by atoms with Gasteiger partial charge in [-0.05, 0) is 38.0 Å². The molecule has 1 heterocycles. The first-order valence-corrected chi connectivity index (χ1v) is 11.3. The molecule has 0 unspecified atom stereocenters. The van der Waals surface area contributed by atoms with E-state index in [1.807, 2.05) is 17.8 Å². The molecule has 26 heavy (non-hydrogen) atoms. The van der Waals surface area contributed by atoms with Gasteiger partial charge in [0, 0.05) is 22.8 Å². The van der Waals surface area contributed by atoms with Gasteiger partial charge in [0.05, 0.1) is 19.3 Å². The molecule has 0 aromatic heterocycles. The Morgan fingerprint density at radius 3 is 2.81 bits per heavy atom. The lowest BCUT2D eigenvalue weighted by molar-refractivity contribution is -0.140. The van der Waals surface area contributed by atoms with E-state index in [-0.39, 0.29) is 24.1 Å². The molecule has 0 spiro atoms. The van der Waals surface area contributed by atoms with E-state index in [9.17, 15) is 15.0 Å². The van der Waals surface area contributed by atoms with Crippen LogP contribution in [-0.2, 0) is 9.53 Å². The van der Waals surface area contributed by atoms with Crippen molar-refractivity contribution >= 4 is 17.7 Å². The van der Waals surface area contributed by atoms with Crippen LogP contribution in [0, 0.1) is 11.8 Å². The molecule has 0 bridgehead atoms. The zero-order chi connectivity index (χ0) is 18.9. The summed E-state index contributed by atoms with van der Waals surface area (Å²) in [7, 11) is 1.44. The maximum Gasteiger partial charge on any atom is 0.305 e. The lowest BCUT2D eigenvalue weighted by Gasteiger charge is -2.18. The van der Waals surface area contributed by atoms with E-state index in [4.69, 9.17) is 0 Å². The lowest BCUT2D eigenvalue weighted by Crippen LogP contribution is -2.19. The number of unbranched alkanes of at least 4 members (excludes halogenated alkanes) is 3. The molecule has 0 amide bonds.